The molecule has 0 fully saturated rings. The molecule has 0 bridgehead atoms. The van der Waals surface area contributed by atoms with E-state index in [0.29, 0.717) is 0 Å². The lowest BCUT2D eigenvalue weighted by Gasteiger charge is -2.40. The minimum Gasteiger partial charge on any atom is -0.356 e. The fraction of sp³-hybridized carbons (Fsp3) is 0.500. The predicted molar refractivity (Wildman–Crippen MR) is 155 cm³/mol. The quantitative estimate of drug-likeness (QED) is 0.476. The molecule has 0 aliphatic carbocycles. The van der Waals surface area contributed by atoms with E-state index in [-0.39, 0.29) is 10.8 Å². The fourth-order valence-corrected chi connectivity index (χ4v) is 5.28. The number of allylic oxidation sites excluding steroid dienone is 2. The Kier molecular flexibility index (Phi) is 6.79. The van der Waals surface area contributed by atoms with Crippen molar-refractivity contribution in [3.05, 3.63) is 94.1 Å². The molecule has 6 nitrogen and oxygen atoms in total. The summed E-state index contributed by atoms with van der Waals surface area (Å²) in [7, 11) is 0. The second-order valence-electron chi connectivity index (χ2n) is 13.1. The van der Waals surface area contributed by atoms with Gasteiger partial charge in [-0.15, -0.1) is 0 Å². The molecule has 6 heteroatoms. The molecule has 2 aromatic heterocycles. The van der Waals surface area contributed by atoms with E-state index in [2.05, 4.69) is 124 Å². The van der Waals surface area contributed by atoms with Crippen LogP contribution in [0.4, 0.5) is 0 Å². The fourth-order valence-electron chi connectivity index (χ4n) is 5.28. The summed E-state index contributed by atoms with van der Waals surface area (Å²) in [5, 5.41) is 4.91. The largest absolute Gasteiger partial charge is 0.356 e. The van der Waals surface area contributed by atoms with Gasteiger partial charge in [-0.05, 0) is 61.1 Å². The monoisotopic (exact) mass is 512 g/mol. The zero-order valence-electron chi connectivity index (χ0n) is 24.5. The van der Waals surface area contributed by atoms with Gasteiger partial charge in [-0.25, -0.2) is 0 Å². The highest BCUT2D eigenvalue weighted by Gasteiger charge is 2.37. The van der Waals surface area contributed by atoms with Gasteiger partial charge in [0.25, 0.3) is 0 Å². The number of rotatable bonds is 6. The van der Waals surface area contributed by atoms with Crippen LogP contribution in [0.25, 0.3) is 0 Å². The third-order valence-corrected chi connectivity index (χ3v) is 7.98. The van der Waals surface area contributed by atoms with Crippen LogP contribution >= 0.6 is 0 Å². The molecule has 0 spiro atoms. The van der Waals surface area contributed by atoms with Crippen molar-refractivity contribution in [2.24, 2.45) is 0 Å². The summed E-state index contributed by atoms with van der Waals surface area (Å²) >= 11 is 0. The van der Waals surface area contributed by atoms with Crippen LogP contribution in [0.1, 0.15) is 77.9 Å². The predicted octanol–water partition coefficient (Wildman–Crippen LogP) is 5.95. The smallest absolute Gasteiger partial charge is 0.110 e. The summed E-state index contributed by atoms with van der Waals surface area (Å²) < 4.78 is 0. The number of fused-ring (bicyclic) bond motifs is 3. The van der Waals surface area contributed by atoms with Gasteiger partial charge >= 0.3 is 0 Å². The lowest BCUT2D eigenvalue weighted by molar-refractivity contribution is 0.0136. The van der Waals surface area contributed by atoms with Crippen molar-refractivity contribution in [1.29, 1.82) is 0 Å². The molecule has 0 N–H and O–H groups in total. The van der Waals surface area contributed by atoms with Gasteiger partial charge in [0.2, 0.25) is 0 Å². The van der Waals surface area contributed by atoms with Crippen LogP contribution in [0.2, 0.25) is 0 Å². The van der Waals surface area contributed by atoms with Gasteiger partial charge < -0.3 is 9.80 Å². The summed E-state index contributed by atoms with van der Waals surface area (Å²) in [6, 6.07) is 8.85. The Balaban J connectivity index is 1.20. The van der Waals surface area contributed by atoms with Crippen LogP contribution in [0.3, 0.4) is 0 Å². The van der Waals surface area contributed by atoms with Gasteiger partial charge in [0, 0.05) is 60.1 Å². The van der Waals surface area contributed by atoms with Gasteiger partial charge in [-0.3, -0.25) is 20.0 Å². The zero-order chi connectivity index (χ0) is 27.2. The van der Waals surface area contributed by atoms with Crippen LogP contribution in [-0.4, -0.2) is 56.2 Å². The molecular weight excluding hydrogens is 468 g/mol. The van der Waals surface area contributed by atoms with Crippen molar-refractivity contribution in [3.63, 3.8) is 0 Å². The zero-order valence-corrected chi connectivity index (χ0v) is 24.5. The number of hydrogen-bond acceptors (Lipinski definition) is 6. The van der Waals surface area contributed by atoms with E-state index in [4.69, 9.17) is 9.97 Å². The van der Waals surface area contributed by atoms with Crippen LogP contribution < -0.4 is 0 Å². The summed E-state index contributed by atoms with van der Waals surface area (Å²) in [4.78, 5) is 14.3. The van der Waals surface area contributed by atoms with E-state index in [1.807, 2.05) is 0 Å². The third-order valence-electron chi connectivity index (χ3n) is 7.98. The first-order valence-corrected chi connectivity index (χ1v) is 14.0. The molecule has 0 amide bonds. The first-order valence-electron chi connectivity index (χ1n) is 14.0. The number of aromatic nitrogens is 2. The molecule has 38 heavy (non-hydrogen) atoms. The molecule has 5 rings (SSSR count). The highest BCUT2D eigenvalue weighted by Crippen LogP contribution is 2.39. The average molecular weight is 513 g/mol. The van der Waals surface area contributed by atoms with Crippen molar-refractivity contribution in [1.82, 2.24) is 29.8 Å². The Morgan fingerprint density at radius 3 is 1.34 bits per heavy atom. The van der Waals surface area contributed by atoms with E-state index in [0.717, 1.165) is 50.7 Å². The molecule has 0 radical (unpaired) electrons. The molecule has 2 aromatic rings. The van der Waals surface area contributed by atoms with E-state index in [1.54, 1.807) is 0 Å². The summed E-state index contributed by atoms with van der Waals surface area (Å²) in [5.74, 6) is 0. The molecule has 3 aliphatic heterocycles. The first-order chi connectivity index (χ1) is 17.9. The molecule has 0 unspecified atom stereocenters. The van der Waals surface area contributed by atoms with Gasteiger partial charge in [-0.2, -0.15) is 0 Å². The Hall–Kier alpha value is -3.28. The molecule has 0 saturated carbocycles. The summed E-state index contributed by atoms with van der Waals surface area (Å²) in [5.41, 5.74) is 10.4. The highest BCUT2D eigenvalue weighted by atomic mass is 15.7. The van der Waals surface area contributed by atoms with E-state index in [9.17, 15) is 0 Å². The Morgan fingerprint density at radius 2 is 1.03 bits per heavy atom. The molecular formula is C32H44N6. The van der Waals surface area contributed by atoms with Crippen molar-refractivity contribution in [3.8, 4) is 0 Å². The maximum absolute atomic E-state index is 4.72. The molecule has 202 valence electrons. The lowest BCUT2D eigenvalue weighted by Crippen LogP contribution is -2.45. The van der Waals surface area contributed by atoms with Crippen molar-refractivity contribution in [2.45, 2.75) is 79.1 Å². The number of hydrogen-bond donors (Lipinski definition) is 0. The maximum atomic E-state index is 4.72. The third kappa shape index (κ3) is 5.31. The van der Waals surface area contributed by atoms with Gasteiger partial charge in [0.1, 0.15) is 13.3 Å². The van der Waals surface area contributed by atoms with Crippen molar-refractivity contribution < 1.29 is 0 Å². The Labute approximate surface area is 229 Å². The second-order valence-corrected chi connectivity index (χ2v) is 13.1. The van der Waals surface area contributed by atoms with Gasteiger partial charge in [-0.1, -0.05) is 53.7 Å². The van der Waals surface area contributed by atoms with Crippen LogP contribution in [-0.2, 0) is 23.7 Å². The topological polar surface area (TPSA) is 38.7 Å². The number of nitrogens with zero attached hydrogens (tertiary/aromatic N) is 6. The molecule has 5 heterocycles. The molecule has 3 aliphatic rings. The number of hydrazine groups is 1. The second kappa shape index (κ2) is 9.79. The highest BCUT2D eigenvalue weighted by molar-refractivity contribution is 5.47. The normalized spacial score (nSPS) is 17.7. The van der Waals surface area contributed by atoms with Gasteiger partial charge in [0.05, 0.1) is 11.4 Å². The van der Waals surface area contributed by atoms with Gasteiger partial charge in [0.15, 0.2) is 0 Å². The van der Waals surface area contributed by atoms with Crippen molar-refractivity contribution in [2.75, 3.05) is 26.4 Å². The Bertz CT molecular complexity index is 1160. The maximum Gasteiger partial charge on any atom is 0.110 e. The van der Waals surface area contributed by atoms with E-state index in [1.165, 1.54) is 33.7 Å². The van der Waals surface area contributed by atoms with Crippen LogP contribution in [0.15, 0.2) is 71.6 Å². The minimum absolute atomic E-state index is 0.0885. The summed E-state index contributed by atoms with van der Waals surface area (Å²) in [6.07, 6.45) is 10.8. The minimum atomic E-state index is 0.0885. The average Bonchev–Trinajstić information content (AvgIpc) is 3.49. The number of pyridine rings is 2. The summed E-state index contributed by atoms with van der Waals surface area (Å²) in [6.45, 7) is 21.5. The Morgan fingerprint density at radius 1 is 0.632 bits per heavy atom. The SMILES string of the molecule is CC1=C(C)C2=CN(CCc3ccc(C(C)(C)C)nc3)CN2N2CN(CCc3ccc(C(C)(C)C)nc3)C=C12. The van der Waals surface area contributed by atoms with E-state index >= 15 is 0 Å². The lowest BCUT2D eigenvalue weighted by atomic mass is 9.91. The van der Waals surface area contributed by atoms with E-state index < -0.39 is 0 Å². The molecule has 0 atom stereocenters. The molecule has 0 aromatic carbocycles. The van der Waals surface area contributed by atoms with Crippen LogP contribution in [0.5, 0.6) is 0 Å². The standard InChI is InChI=1S/C32H44N6/c1-23-24(2)28-20-36(16-14-26-10-12-30(34-18-26)32(6,7)8)22-38(28)37-21-35(19-27(23)37)15-13-25-9-11-29(33-17-25)31(3,4)5/h9-12,17-20H,13-16,21-22H2,1-8H3. The first kappa shape index (κ1) is 26.3. The molecule has 0 saturated heterocycles. The van der Waals surface area contributed by atoms with Crippen molar-refractivity contribution >= 4 is 0 Å². The van der Waals surface area contributed by atoms with Crippen LogP contribution in [0, 0.1) is 0 Å².